The fourth-order valence-electron chi connectivity index (χ4n) is 6.43. The number of nitrogens with zero attached hydrogens (tertiary/aromatic N) is 3. The molecule has 242 valence electrons. The molecule has 1 N–H and O–H groups in total. The van der Waals surface area contributed by atoms with Crippen LogP contribution in [0.1, 0.15) is 55.2 Å². The summed E-state index contributed by atoms with van der Waals surface area (Å²) >= 11 is 0. The molecule has 3 saturated heterocycles. The van der Waals surface area contributed by atoms with Crippen LogP contribution in [0.3, 0.4) is 0 Å². The number of carboxylic acid groups (broad SMARTS) is 1. The molecule has 0 atom stereocenters. The lowest BCUT2D eigenvalue weighted by Gasteiger charge is -2.39. The zero-order valence-corrected chi connectivity index (χ0v) is 23.3. The molecule has 0 bridgehead atoms. The third-order valence-corrected chi connectivity index (χ3v) is 9.01. The predicted octanol–water partition coefficient (Wildman–Crippen LogP) is 5.95. The van der Waals surface area contributed by atoms with E-state index in [0.29, 0.717) is 69.4 Å². The Labute approximate surface area is 242 Å². The van der Waals surface area contributed by atoms with E-state index in [9.17, 15) is 54.2 Å². The first-order chi connectivity index (χ1) is 19.8. The van der Waals surface area contributed by atoms with E-state index >= 15 is 0 Å². The molecule has 4 rings (SSSR count). The normalized spacial score (nSPS) is 21.2. The minimum atomic E-state index is -5.59. The van der Waals surface area contributed by atoms with E-state index in [4.69, 9.17) is 0 Å². The summed E-state index contributed by atoms with van der Waals surface area (Å²) in [5.74, 6) is -6.25. The van der Waals surface area contributed by atoms with Crippen LogP contribution in [0.4, 0.5) is 39.5 Å². The minimum absolute atomic E-state index is 0.0500. The lowest BCUT2D eigenvalue weighted by atomic mass is 9.77. The average molecular weight is 632 g/mol. The lowest BCUT2D eigenvalue weighted by molar-refractivity contribution is -0.284. The van der Waals surface area contributed by atoms with Crippen molar-refractivity contribution in [1.29, 1.82) is 0 Å². The van der Waals surface area contributed by atoms with Gasteiger partial charge in [0.2, 0.25) is 5.91 Å². The van der Waals surface area contributed by atoms with Crippen LogP contribution in [0, 0.1) is 17.3 Å². The zero-order valence-electron chi connectivity index (χ0n) is 23.3. The topological polar surface area (TPSA) is 64.1 Å². The van der Waals surface area contributed by atoms with E-state index in [-0.39, 0.29) is 26.2 Å². The maximum absolute atomic E-state index is 13.7. The van der Waals surface area contributed by atoms with Crippen molar-refractivity contribution in [1.82, 2.24) is 14.7 Å². The molecule has 0 saturated carbocycles. The highest BCUT2D eigenvalue weighted by Gasteiger charge is 2.58. The third kappa shape index (κ3) is 8.55. The molecule has 1 aromatic carbocycles. The number of carbonyl (C=O) groups is 2. The number of aliphatic carboxylic acids is 1. The quantitative estimate of drug-likeness (QED) is 0.377. The molecule has 6 nitrogen and oxygen atoms in total. The molecule has 3 aliphatic rings. The summed E-state index contributed by atoms with van der Waals surface area (Å²) in [5, 5.41) is 9.18. The van der Waals surface area contributed by atoms with Gasteiger partial charge in [-0.1, -0.05) is 6.07 Å². The monoisotopic (exact) mass is 631 g/mol. The van der Waals surface area contributed by atoms with Crippen LogP contribution in [-0.4, -0.2) is 83.3 Å². The van der Waals surface area contributed by atoms with Gasteiger partial charge < -0.3 is 10.0 Å². The van der Waals surface area contributed by atoms with E-state index in [1.807, 2.05) is 9.80 Å². The molecule has 3 heterocycles. The Morgan fingerprint density at radius 1 is 0.791 bits per heavy atom. The van der Waals surface area contributed by atoms with Crippen molar-refractivity contribution in [3.05, 3.63) is 34.9 Å². The summed E-state index contributed by atoms with van der Waals surface area (Å²) in [6.45, 7) is 2.40. The Morgan fingerprint density at radius 2 is 1.28 bits per heavy atom. The number of alkyl halides is 9. The minimum Gasteiger partial charge on any atom is -0.481 e. The highest BCUT2D eigenvalue weighted by Crippen LogP contribution is 2.44. The maximum atomic E-state index is 13.7. The van der Waals surface area contributed by atoms with E-state index in [2.05, 4.69) is 0 Å². The van der Waals surface area contributed by atoms with Crippen LogP contribution in [0.15, 0.2) is 18.2 Å². The first-order valence-corrected chi connectivity index (χ1v) is 14.1. The predicted molar refractivity (Wildman–Crippen MR) is 135 cm³/mol. The number of carboxylic acids is 1. The maximum Gasteiger partial charge on any atom is 0.416 e. The number of halogens is 9. The smallest absolute Gasteiger partial charge is 0.416 e. The van der Waals surface area contributed by atoms with Crippen LogP contribution in [0.25, 0.3) is 0 Å². The van der Waals surface area contributed by atoms with Gasteiger partial charge in [-0.2, -0.15) is 39.5 Å². The number of hydrogen-bond donors (Lipinski definition) is 1. The number of carbonyl (C=O) groups excluding carboxylic acids is 1. The first-order valence-electron chi connectivity index (χ1n) is 14.1. The van der Waals surface area contributed by atoms with Crippen molar-refractivity contribution in [3.63, 3.8) is 0 Å². The Morgan fingerprint density at radius 3 is 1.74 bits per heavy atom. The summed E-state index contributed by atoms with van der Waals surface area (Å²) in [5.41, 5.74) is -0.322. The second-order valence-electron chi connectivity index (χ2n) is 12.1. The summed E-state index contributed by atoms with van der Waals surface area (Å²) < 4.78 is 119. The van der Waals surface area contributed by atoms with Gasteiger partial charge >= 0.3 is 24.5 Å². The Kier molecular flexibility index (Phi) is 9.65. The number of hydrogen-bond acceptors (Lipinski definition) is 4. The summed E-state index contributed by atoms with van der Waals surface area (Å²) in [6.07, 6.45) is -15.1. The van der Waals surface area contributed by atoms with E-state index < -0.39 is 59.6 Å². The molecule has 1 aromatic rings. The molecular formula is C28H34F9N3O3. The fraction of sp³-hybridized carbons (Fsp3) is 0.714. The number of piperidine rings is 2. The number of rotatable bonds is 7. The van der Waals surface area contributed by atoms with Gasteiger partial charge in [0.25, 0.3) is 0 Å². The Hall–Kier alpha value is -2.55. The molecule has 15 heteroatoms. The van der Waals surface area contributed by atoms with Crippen molar-refractivity contribution in [3.8, 4) is 0 Å². The first kappa shape index (κ1) is 33.3. The second-order valence-corrected chi connectivity index (χ2v) is 12.1. The van der Waals surface area contributed by atoms with E-state index in [1.54, 1.807) is 6.07 Å². The van der Waals surface area contributed by atoms with Gasteiger partial charge in [-0.05, 0) is 87.0 Å². The van der Waals surface area contributed by atoms with Gasteiger partial charge in [-0.3, -0.25) is 19.4 Å². The van der Waals surface area contributed by atoms with Crippen LogP contribution in [-0.2, 0) is 28.9 Å². The second kappa shape index (κ2) is 12.4. The van der Waals surface area contributed by atoms with Crippen LogP contribution < -0.4 is 0 Å². The molecule has 0 aliphatic carbocycles. The van der Waals surface area contributed by atoms with Crippen molar-refractivity contribution >= 4 is 11.9 Å². The molecule has 3 fully saturated rings. The number of likely N-dealkylation sites (tertiary alicyclic amines) is 3. The highest BCUT2D eigenvalue weighted by atomic mass is 19.4. The molecular weight excluding hydrogens is 597 g/mol. The standard InChI is InChI=1S/C28H34F9N3O3/c29-26(30,31)21-12-18(15-38-6-1-20(2-7-38)24(42)43)11-19(13-21)16-39-8-3-25(4-9-39)5-10-40(17-25)23(41)14-22(27(32,33)34)28(35,36)37/h11-13,20,22H,1-10,14-17H2,(H,42,43). The van der Waals surface area contributed by atoms with Crippen molar-refractivity contribution in [2.24, 2.45) is 17.3 Å². The molecule has 1 amide bonds. The van der Waals surface area contributed by atoms with Gasteiger partial charge in [0, 0.05) is 32.6 Å². The van der Waals surface area contributed by atoms with E-state index in [0.717, 1.165) is 17.0 Å². The number of amides is 1. The molecule has 0 aromatic heterocycles. The Bertz CT molecular complexity index is 1140. The molecule has 3 aliphatic heterocycles. The van der Waals surface area contributed by atoms with Crippen molar-refractivity contribution in [2.75, 3.05) is 39.3 Å². The third-order valence-electron chi connectivity index (χ3n) is 9.01. The SMILES string of the molecule is O=C(O)C1CCN(Cc2cc(CN3CCC4(CC3)CCN(C(=O)CC(C(F)(F)F)C(F)(F)F)C4)cc(C(F)(F)F)c2)CC1. The van der Waals surface area contributed by atoms with Gasteiger partial charge in [0.05, 0.1) is 11.5 Å². The summed E-state index contributed by atoms with van der Waals surface area (Å²) in [7, 11) is 0. The van der Waals surface area contributed by atoms with E-state index in [1.165, 1.54) is 0 Å². The van der Waals surface area contributed by atoms with Crippen molar-refractivity contribution in [2.45, 2.75) is 70.1 Å². The van der Waals surface area contributed by atoms with Crippen LogP contribution in [0.2, 0.25) is 0 Å². The van der Waals surface area contributed by atoms with Crippen molar-refractivity contribution < 1.29 is 54.2 Å². The zero-order chi connectivity index (χ0) is 31.8. The molecule has 0 radical (unpaired) electrons. The lowest BCUT2D eigenvalue weighted by Crippen LogP contribution is -2.44. The average Bonchev–Trinajstić information content (AvgIpc) is 3.31. The molecule has 0 unspecified atom stereocenters. The molecule has 1 spiro atoms. The summed E-state index contributed by atoms with van der Waals surface area (Å²) in [6, 6.07) is 3.90. The van der Waals surface area contributed by atoms with Gasteiger partial charge in [0.1, 0.15) is 0 Å². The van der Waals surface area contributed by atoms with Crippen LogP contribution in [0.5, 0.6) is 0 Å². The van der Waals surface area contributed by atoms with Gasteiger partial charge in [-0.25, -0.2) is 0 Å². The fourth-order valence-corrected chi connectivity index (χ4v) is 6.43. The summed E-state index contributed by atoms with van der Waals surface area (Å²) in [4.78, 5) is 28.6. The molecule has 43 heavy (non-hydrogen) atoms. The Balaban J connectivity index is 1.35. The highest BCUT2D eigenvalue weighted by molar-refractivity contribution is 5.77. The van der Waals surface area contributed by atoms with Crippen LogP contribution >= 0.6 is 0 Å². The largest absolute Gasteiger partial charge is 0.481 e. The van der Waals surface area contributed by atoms with Gasteiger partial charge in [0.15, 0.2) is 5.92 Å². The number of benzene rings is 1. The van der Waals surface area contributed by atoms with Gasteiger partial charge in [-0.15, -0.1) is 0 Å².